The first-order chi connectivity index (χ1) is 14.3. The third-order valence-electron chi connectivity index (χ3n) is 5.70. The topological polar surface area (TPSA) is 35.0 Å². The summed E-state index contributed by atoms with van der Waals surface area (Å²) in [5.74, 6) is 1.34. The van der Waals surface area contributed by atoms with E-state index >= 15 is 0 Å². The van der Waals surface area contributed by atoms with Crippen LogP contribution in [0.1, 0.15) is 36.5 Å². The highest BCUT2D eigenvalue weighted by atomic mass is 16.5. The number of benzene rings is 3. The Labute approximate surface area is 171 Å². The first kappa shape index (κ1) is 17.9. The van der Waals surface area contributed by atoms with E-state index in [0.29, 0.717) is 5.88 Å². The summed E-state index contributed by atoms with van der Waals surface area (Å²) in [5, 5.41) is 11.1. The van der Waals surface area contributed by atoms with Crippen molar-refractivity contribution in [3.8, 4) is 22.9 Å². The van der Waals surface area contributed by atoms with Crippen LogP contribution in [0.15, 0.2) is 66.7 Å². The van der Waals surface area contributed by atoms with E-state index in [1.165, 1.54) is 29.5 Å². The van der Waals surface area contributed by atoms with Crippen LogP contribution in [0.2, 0.25) is 0 Å². The van der Waals surface area contributed by atoms with Crippen LogP contribution in [-0.4, -0.2) is 10.2 Å². The Hall–Kier alpha value is -3.20. The summed E-state index contributed by atoms with van der Waals surface area (Å²) < 4.78 is 6.12. The Balaban J connectivity index is 1.53. The molecule has 0 saturated heterocycles. The van der Waals surface area contributed by atoms with E-state index in [-0.39, 0.29) is 0 Å². The standard InChI is InChI=1S/C26H24N2O/c1-2-6-18-11-15-22(16-12-18)29-26-24-10-4-3-9-23(24)25(27-28-26)21-14-13-19-7-5-8-20(19)17-21/h3-4,9-17H,2,5-8H2,1H3. The van der Waals surface area contributed by atoms with Crippen molar-refractivity contribution in [2.45, 2.75) is 39.0 Å². The summed E-state index contributed by atoms with van der Waals surface area (Å²) in [6, 6.07) is 23.2. The van der Waals surface area contributed by atoms with Crippen LogP contribution in [-0.2, 0) is 19.3 Å². The minimum Gasteiger partial charge on any atom is -0.437 e. The molecule has 5 rings (SSSR count). The Bertz CT molecular complexity index is 1170. The van der Waals surface area contributed by atoms with Crippen molar-refractivity contribution in [2.24, 2.45) is 0 Å². The molecule has 29 heavy (non-hydrogen) atoms. The van der Waals surface area contributed by atoms with Crippen molar-refractivity contribution < 1.29 is 4.74 Å². The van der Waals surface area contributed by atoms with Gasteiger partial charge in [0.2, 0.25) is 5.88 Å². The lowest BCUT2D eigenvalue weighted by Gasteiger charge is -2.11. The van der Waals surface area contributed by atoms with Crippen molar-refractivity contribution in [3.05, 3.63) is 83.4 Å². The van der Waals surface area contributed by atoms with Crippen LogP contribution in [0.3, 0.4) is 0 Å². The van der Waals surface area contributed by atoms with Crippen molar-refractivity contribution in [1.82, 2.24) is 10.2 Å². The van der Waals surface area contributed by atoms with Gasteiger partial charge in [0.25, 0.3) is 0 Å². The summed E-state index contributed by atoms with van der Waals surface area (Å²) in [6.45, 7) is 2.19. The van der Waals surface area contributed by atoms with Gasteiger partial charge in [-0.05, 0) is 66.6 Å². The lowest BCUT2D eigenvalue weighted by Crippen LogP contribution is -1.96. The minimum absolute atomic E-state index is 0.550. The maximum absolute atomic E-state index is 6.12. The van der Waals surface area contributed by atoms with Crippen LogP contribution >= 0.6 is 0 Å². The summed E-state index contributed by atoms with van der Waals surface area (Å²) in [6.07, 6.45) is 5.81. The fourth-order valence-corrected chi connectivity index (χ4v) is 4.21. The molecule has 0 unspecified atom stereocenters. The Kier molecular flexibility index (Phi) is 4.73. The molecule has 0 saturated carbocycles. The molecule has 0 N–H and O–H groups in total. The summed E-state index contributed by atoms with van der Waals surface area (Å²) in [4.78, 5) is 0. The van der Waals surface area contributed by atoms with Crippen LogP contribution in [0.25, 0.3) is 22.0 Å². The zero-order valence-corrected chi connectivity index (χ0v) is 16.7. The third-order valence-corrected chi connectivity index (χ3v) is 5.70. The molecular formula is C26H24N2O. The smallest absolute Gasteiger partial charge is 0.246 e. The molecule has 3 heteroatoms. The number of nitrogens with zero attached hydrogens (tertiary/aromatic N) is 2. The van der Waals surface area contributed by atoms with Gasteiger partial charge in [0.1, 0.15) is 11.4 Å². The highest BCUT2D eigenvalue weighted by Crippen LogP contribution is 2.34. The van der Waals surface area contributed by atoms with E-state index in [9.17, 15) is 0 Å². The summed E-state index contributed by atoms with van der Waals surface area (Å²) in [5.41, 5.74) is 6.28. The van der Waals surface area contributed by atoms with E-state index in [4.69, 9.17) is 4.74 Å². The Morgan fingerprint density at radius 2 is 1.62 bits per heavy atom. The van der Waals surface area contributed by atoms with Crippen molar-refractivity contribution in [1.29, 1.82) is 0 Å². The fourth-order valence-electron chi connectivity index (χ4n) is 4.21. The number of hydrogen-bond acceptors (Lipinski definition) is 3. The van der Waals surface area contributed by atoms with Crippen LogP contribution in [0.5, 0.6) is 11.6 Å². The van der Waals surface area contributed by atoms with Crippen LogP contribution in [0, 0.1) is 0 Å². The number of hydrogen-bond donors (Lipinski definition) is 0. The van der Waals surface area contributed by atoms with E-state index in [2.05, 4.69) is 59.6 Å². The lowest BCUT2D eigenvalue weighted by molar-refractivity contribution is 0.462. The van der Waals surface area contributed by atoms with Crippen molar-refractivity contribution >= 4 is 10.8 Å². The zero-order chi connectivity index (χ0) is 19.6. The number of aromatic nitrogens is 2. The Morgan fingerprint density at radius 1 is 0.828 bits per heavy atom. The molecule has 0 aliphatic heterocycles. The van der Waals surface area contributed by atoms with Crippen molar-refractivity contribution in [3.63, 3.8) is 0 Å². The molecule has 3 aromatic carbocycles. The molecule has 1 aromatic heterocycles. The average Bonchev–Trinajstić information content (AvgIpc) is 3.23. The number of fused-ring (bicyclic) bond motifs is 2. The molecular weight excluding hydrogens is 356 g/mol. The van der Waals surface area contributed by atoms with Gasteiger partial charge in [0.05, 0.1) is 0 Å². The molecule has 0 radical (unpaired) electrons. The van der Waals surface area contributed by atoms with Gasteiger partial charge in [-0.2, -0.15) is 0 Å². The van der Waals surface area contributed by atoms with Gasteiger partial charge in [-0.15, -0.1) is 10.2 Å². The van der Waals surface area contributed by atoms with Crippen molar-refractivity contribution in [2.75, 3.05) is 0 Å². The first-order valence-electron chi connectivity index (χ1n) is 10.5. The lowest BCUT2D eigenvalue weighted by atomic mass is 10.0. The molecule has 0 atom stereocenters. The number of ether oxygens (including phenoxy) is 1. The molecule has 0 spiro atoms. The molecule has 0 bridgehead atoms. The monoisotopic (exact) mass is 380 g/mol. The number of rotatable bonds is 5. The predicted octanol–water partition coefficient (Wildman–Crippen LogP) is 6.53. The highest BCUT2D eigenvalue weighted by Gasteiger charge is 2.16. The average molecular weight is 380 g/mol. The summed E-state index contributed by atoms with van der Waals surface area (Å²) >= 11 is 0. The SMILES string of the molecule is CCCc1ccc(Oc2nnc(-c3ccc4c(c3)CCC4)c3ccccc23)cc1. The Morgan fingerprint density at radius 3 is 2.45 bits per heavy atom. The molecule has 1 aliphatic rings. The second-order valence-electron chi connectivity index (χ2n) is 7.73. The molecule has 3 nitrogen and oxygen atoms in total. The largest absolute Gasteiger partial charge is 0.437 e. The van der Waals surface area contributed by atoms with Gasteiger partial charge >= 0.3 is 0 Å². The third kappa shape index (κ3) is 3.49. The minimum atomic E-state index is 0.550. The molecule has 144 valence electrons. The van der Waals surface area contributed by atoms with Crippen LogP contribution < -0.4 is 4.74 Å². The second-order valence-corrected chi connectivity index (χ2v) is 7.73. The first-order valence-corrected chi connectivity index (χ1v) is 10.5. The zero-order valence-electron chi connectivity index (χ0n) is 16.7. The molecule has 0 amide bonds. The summed E-state index contributed by atoms with van der Waals surface area (Å²) in [7, 11) is 0. The van der Waals surface area contributed by atoms with Gasteiger partial charge in [0, 0.05) is 16.3 Å². The van der Waals surface area contributed by atoms with Gasteiger partial charge in [-0.3, -0.25) is 0 Å². The van der Waals surface area contributed by atoms with E-state index in [0.717, 1.165) is 47.0 Å². The molecule has 4 aromatic rings. The second kappa shape index (κ2) is 7.67. The van der Waals surface area contributed by atoms with E-state index in [1.807, 2.05) is 24.3 Å². The number of aryl methyl sites for hydroxylation is 3. The van der Waals surface area contributed by atoms with Crippen LogP contribution in [0.4, 0.5) is 0 Å². The quantitative estimate of drug-likeness (QED) is 0.395. The highest BCUT2D eigenvalue weighted by molar-refractivity contribution is 5.97. The molecule has 0 fully saturated rings. The molecule has 1 heterocycles. The van der Waals surface area contributed by atoms with Gasteiger partial charge < -0.3 is 4.74 Å². The van der Waals surface area contributed by atoms with Gasteiger partial charge in [0.15, 0.2) is 0 Å². The maximum atomic E-state index is 6.12. The maximum Gasteiger partial charge on any atom is 0.246 e. The van der Waals surface area contributed by atoms with Gasteiger partial charge in [-0.25, -0.2) is 0 Å². The normalized spacial score (nSPS) is 12.9. The van der Waals surface area contributed by atoms with E-state index < -0.39 is 0 Å². The van der Waals surface area contributed by atoms with Gasteiger partial charge in [-0.1, -0.05) is 55.8 Å². The fraction of sp³-hybridized carbons (Fsp3) is 0.231. The predicted molar refractivity (Wildman–Crippen MR) is 118 cm³/mol. The molecule has 1 aliphatic carbocycles. The van der Waals surface area contributed by atoms with E-state index in [1.54, 1.807) is 0 Å².